The molecule has 1 amide bonds. The third-order valence-electron chi connectivity index (χ3n) is 2.83. The van der Waals surface area contributed by atoms with E-state index in [1.807, 2.05) is 6.92 Å². The minimum atomic E-state index is -0.487. The van der Waals surface area contributed by atoms with Gasteiger partial charge in [-0.25, -0.2) is 0 Å². The molecule has 0 aromatic heterocycles. The van der Waals surface area contributed by atoms with Crippen LogP contribution < -0.4 is 5.32 Å². The second kappa shape index (κ2) is 7.44. The maximum atomic E-state index is 12.2. The lowest BCUT2D eigenvalue weighted by molar-refractivity contribution is -0.383. The van der Waals surface area contributed by atoms with Crippen molar-refractivity contribution in [1.82, 2.24) is 4.90 Å². The summed E-state index contributed by atoms with van der Waals surface area (Å²) < 4.78 is 5.19. The first kappa shape index (κ1) is 15.9. The molecule has 0 heterocycles. The van der Waals surface area contributed by atoms with Crippen molar-refractivity contribution in [2.45, 2.75) is 6.92 Å². The number of nitro benzene ring substituents is 1. The molecule has 110 valence electrons. The number of ether oxygens (including phenoxy) is 1. The van der Waals surface area contributed by atoms with Crippen LogP contribution in [-0.2, 0) is 4.74 Å². The lowest BCUT2D eigenvalue weighted by Crippen LogP contribution is -2.30. The molecular weight excluding hydrogens is 262 g/mol. The molecule has 20 heavy (non-hydrogen) atoms. The lowest BCUT2D eigenvalue weighted by atomic mass is 10.1. The molecule has 0 radical (unpaired) electrons. The molecule has 1 aromatic carbocycles. The van der Waals surface area contributed by atoms with E-state index in [1.54, 1.807) is 14.1 Å². The van der Waals surface area contributed by atoms with Gasteiger partial charge in [0.25, 0.3) is 11.6 Å². The molecule has 1 aromatic rings. The van der Waals surface area contributed by atoms with Gasteiger partial charge in [-0.2, -0.15) is 0 Å². The summed E-state index contributed by atoms with van der Waals surface area (Å²) in [7, 11) is 3.25. The highest BCUT2D eigenvalue weighted by Crippen LogP contribution is 2.25. The number of likely N-dealkylation sites (N-methyl/N-ethyl adjacent to an activating group) is 1. The van der Waals surface area contributed by atoms with Crippen molar-refractivity contribution in [2.24, 2.45) is 0 Å². The molecule has 0 bridgehead atoms. The van der Waals surface area contributed by atoms with Crippen molar-refractivity contribution in [2.75, 3.05) is 39.2 Å². The van der Waals surface area contributed by atoms with E-state index >= 15 is 0 Å². The van der Waals surface area contributed by atoms with Crippen LogP contribution in [0, 0.1) is 10.1 Å². The third-order valence-corrected chi connectivity index (χ3v) is 2.83. The zero-order valence-corrected chi connectivity index (χ0v) is 11.9. The quantitative estimate of drug-likeness (QED) is 0.467. The SMILES string of the molecule is CCOCCN(C)C(=O)c1ccc([N+](=O)[O-])c(NC)c1. The van der Waals surface area contributed by atoms with Crippen LogP contribution >= 0.6 is 0 Å². The van der Waals surface area contributed by atoms with E-state index in [0.29, 0.717) is 31.0 Å². The minimum absolute atomic E-state index is 0.0546. The van der Waals surface area contributed by atoms with Crippen LogP contribution in [0.5, 0.6) is 0 Å². The normalized spacial score (nSPS) is 10.2. The summed E-state index contributed by atoms with van der Waals surface area (Å²) in [5.74, 6) is -0.198. The Kier molecular flexibility index (Phi) is 5.92. The molecule has 0 fully saturated rings. The molecule has 0 saturated carbocycles. The highest BCUT2D eigenvalue weighted by Gasteiger charge is 2.17. The largest absolute Gasteiger partial charge is 0.383 e. The Morgan fingerprint density at radius 1 is 1.50 bits per heavy atom. The van der Waals surface area contributed by atoms with E-state index in [9.17, 15) is 14.9 Å². The predicted molar refractivity (Wildman–Crippen MR) is 76.1 cm³/mol. The highest BCUT2D eigenvalue weighted by atomic mass is 16.6. The summed E-state index contributed by atoms with van der Waals surface area (Å²) in [4.78, 5) is 24.0. The van der Waals surface area contributed by atoms with Gasteiger partial charge in [-0.3, -0.25) is 14.9 Å². The van der Waals surface area contributed by atoms with Crippen molar-refractivity contribution in [3.63, 3.8) is 0 Å². The number of nitrogens with one attached hydrogen (secondary N) is 1. The number of benzene rings is 1. The number of rotatable bonds is 7. The van der Waals surface area contributed by atoms with Gasteiger partial charge in [0.05, 0.1) is 11.5 Å². The summed E-state index contributed by atoms with van der Waals surface area (Å²) in [6, 6.07) is 4.27. The maximum Gasteiger partial charge on any atom is 0.292 e. The monoisotopic (exact) mass is 281 g/mol. The Labute approximate surface area is 117 Å². The first-order chi connectivity index (χ1) is 9.51. The number of amides is 1. The van der Waals surface area contributed by atoms with Gasteiger partial charge in [0, 0.05) is 38.9 Å². The molecule has 0 saturated heterocycles. The Bertz CT molecular complexity index is 491. The first-order valence-electron chi connectivity index (χ1n) is 6.30. The van der Waals surface area contributed by atoms with E-state index in [-0.39, 0.29) is 11.6 Å². The second-order valence-electron chi connectivity index (χ2n) is 4.16. The van der Waals surface area contributed by atoms with Crippen molar-refractivity contribution < 1.29 is 14.5 Å². The number of nitrogens with zero attached hydrogens (tertiary/aromatic N) is 2. The van der Waals surface area contributed by atoms with Crippen molar-refractivity contribution >= 4 is 17.3 Å². The van der Waals surface area contributed by atoms with Crippen molar-refractivity contribution in [1.29, 1.82) is 0 Å². The summed E-state index contributed by atoms with van der Waals surface area (Å²) in [5.41, 5.74) is 0.666. The van der Waals surface area contributed by atoms with Crippen molar-refractivity contribution in [3.05, 3.63) is 33.9 Å². The fourth-order valence-corrected chi connectivity index (χ4v) is 1.70. The van der Waals surface area contributed by atoms with Gasteiger partial charge in [0.2, 0.25) is 0 Å². The van der Waals surface area contributed by atoms with Gasteiger partial charge in [-0.15, -0.1) is 0 Å². The number of anilines is 1. The van der Waals surface area contributed by atoms with Crippen LogP contribution in [0.1, 0.15) is 17.3 Å². The molecule has 1 N–H and O–H groups in total. The summed E-state index contributed by atoms with van der Waals surface area (Å²) >= 11 is 0. The fourth-order valence-electron chi connectivity index (χ4n) is 1.70. The van der Waals surface area contributed by atoms with Gasteiger partial charge >= 0.3 is 0 Å². The predicted octanol–water partition coefficient (Wildman–Crippen LogP) is 1.75. The molecule has 1 rings (SSSR count). The van der Waals surface area contributed by atoms with Crippen LogP contribution in [0.3, 0.4) is 0 Å². The van der Waals surface area contributed by atoms with Gasteiger partial charge in [-0.1, -0.05) is 0 Å². The van der Waals surface area contributed by atoms with E-state index in [4.69, 9.17) is 4.74 Å². The number of carbonyl (C=O) groups excluding carboxylic acids is 1. The Hall–Kier alpha value is -2.15. The Morgan fingerprint density at radius 3 is 2.75 bits per heavy atom. The number of nitro groups is 1. The fraction of sp³-hybridized carbons (Fsp3) is 0.462. The topological polar surface area (TPSA) is 84.7 Å². The van der Waals surface area contributed by atoms with Crippen LogP contribution in [-0.4, -0.2) is 49.6 Å². The van der Waals surface area contributed by atoms with Gasteiger partial charge in [0.1, 0.15) is 5.69 Å². The van der Waals surface area contributed by atoms with Crippen molar-refractivity contribution in [3.8, 4) is 0 Å². The summed E-state index contributed by atoms with van der Waals surface area (Å²) in [6.45, 7) is 3.42. The highest BCUT2D eigenvalue weighted by molar-refractivity contribution is 5.95. The second-order valence-corrected chi connectivity index (χ2v) is 4.16. The van der Waals surface area contributed by atoms with E-state index in [0.717, 1.165) is 0 Å². The zero-order valence-electron chi connectivity index (χ0n) is 11.9. The molecule has 0 atom stereocenters. The minimum Gasteiger partial charge on any atom is -0.383 e. The molecule has 7 nitrogen and oxygen atoms in total. The summed E-state index contributed by atoms with van der Waals surface area (Å²) in [6.07, 6.45) is 0. The molecular formula is C13H19N3O4. The van der Waals surface area contributed by atoms with Gasteiger partial charge in [-0.05, 0) is 19.1 Å². The third kappa shape index (κ3) is 3.92. The average Bonchev–Trinajstić information content (AvgIpc) is 2.45. The van der Waals surface area contributed by atoms with Crippen LogP contribution in [0.4, 0.5) is 11.4 Å². The van der Waals surface area contributed by atoms with E-state index in [1.165, 1.54) is 23.1 Å². The average molecular weight is 281 g/mol. The maximum absolute atomic E-state index is 12.2. The Balaban J connectivity index is 2.85. The number of hydrogen-bond donors (Lipinski definition) is 1. The molecule has 0 unspecified atom stereocenters. The first-order valence-corrected chi connectivity index (χ1v) is 6.30. The molecule has 0 aliphatic carbocycles. The standard InChI is InChI=1S/C13H19N3O4/c1-4-20-8-7-15(3)13(17)10-5-6-12(16(18)19)11(9-10)14-2/h5-6,9,14H,4,7-8H2,1-3H3. The summed E-state index contributed by atoms with van der Waals surface area (Å²) in [5, 5.41) is 13.6. The molecule has 0 aliphatic heterocycles. The van der Waals surface area contributed by atoms with Crippen LogP contribution in [0.25, 0.3) is 0 Å². The van der Waals surface area contributed by atoms with E-state index < -0.39 is 4.92 Å². The van der Waals surface area contributed by atoms with Crippen LogP contribution in [0.2, 0.25) is 0 Å². The zero-order chi connectivity index (χ0) is 15.1. The Morgan fingerprint density at radius 2 is 2.20 bits per heavy atom. The van der Waals surface area contributed by atoms with E-state index in [2.05, 4.69) is 5.32 Å². The van der Waals surface area contributed by atoms with Gasteiger partial charge < -0.3 is 15.0 Å². The number of carbonyl (C=O) groups is 1. The van der Waals surface area contributed by atoms with Gasteiger partial charge in [0.15, 0.2) is 0 Å². The molecule has 0 spiro atoms. The number of hydrogen-bond acceptors (Lipinski definition) is 5. The molecule has 7 heteroatoms. The lowest BCUT2D eigenvalue weighted by Gasteiger charge is -2.17. The molecule has 0 aliphatic rings. The van der Waals surface area contributed by atoms with Crippen LogP contribution in [0.15, 0.2) is 18.2 Å². The smallest absolute Gasteiger partial charge is 0.292 e.